The van der Waals surface area contributed by atoms with E-state index >= 15 is 0 Å². The molecular formula is C19H22ClN3O2. The Hall–Kier alpha value is -1.95. The van der Waals surface area contributed by atoms with Gasteiger partial charge in [0.15, 0.2) is 0 Å². The number of hydrogen-bond donors (Lipinski definition) is 1. The van der Waals surface area contributed by atoms with E-state index in [1.54, 1.807) is 11.0 Å². The molecule has 1 fully saturated rings. The highest BCUT2D eigenvalue weighted by Gasteiger charge is 2.35. The summed E-state index contributed by atoms with van der Waals surface area (Å²) in [5, 5.41) is 10.8. The second-order valence-corrected chi connectivity index (χ2v) is 7.06. The zero-order chi connectivity index (χ0) is 18.1. The third-order valence-electron chi connectivity index (χ3n) is 4.64. The van der Waals surface area contributed by atoms with Crippen LogP contribution in [0.5, 0.6) is 0 Å². The Morgan fingerprint density at radius 3 is 2.68 bits per heavy atom. The maximum atomic E-state index is 12.8. The number of rotatable bonds is 3. The van der Waals surface area contributed by atoms with Gasteiger partial charge in [-0.15, -0.1) is 0 Å². The highest BCUT2D eigenvalue weighted by atomic mass is 35.5. The topological polar surface area (TPSA) is 56.7 Å². The molecule has 2 unspecified atom stereocenters. The first kappa shape index (κ1) is 17.9. The Labute approximate surface area is 152 Å². The number of likely N-dealkylation sites (tertiary alicyclic amines) is 1. The lowest BCUT2D eigenvalue weighted by atomic mass is 10.1. The summed E-state index contributed by atoms with van der Waals surface area (Å²) in [7, 11) is 3.83. The number of aliphatic hydroxyl groups excluding tert-OH is 1. The SMILES string of the molecule is Cc1nc(-c2cccc(C(=O)N3CC(O)C(N(C)C)C3)c2)ccc1Cl. The number of halogens is 1. The fourth-order valence-corrected chi connectivity index (χ4v) is 3.25. The molecule has 2 heterocycles. The molecule has 0 spiro atoms. The second kappa shape index (κ2) is 7.12. The maximum Gasteiger partial charge on any atom is 0.254 e. The molecule has 5 nitrogen and oxygen atoms in total. The number of carbonyl (C=O) groups excluding carboxylic acids is 1. The fraction of sp³-hybridized carbons (Fsp3) is 0.368. The third-order valence-corrected chi connectivity index (χ3v) is 5.04. The molecule has 0 radical (unpaired) electrons. The number of β-amino-alcohol motifs (C(OH)–C–C–N with tert-alkyl or cyclic N) is 1. The number of aliphatic hydroxyl groups is 1. The van der Waals surface area contributed by atoms with Crippen LogP contribution < -0.4 is 0 Å². The predicted octanol–water partition coefficient (Wildman–Crippen LogP) is 2.46. The number of pyridine rings is 1. The van der Waals surface area contributed by atoms with Crippen LogP contribution in [0.3, 0.4) is 0 Å². The van der Waals surface area contributed by atoms with Gasteiger partial charge >= 0.3 is 0 Å². The molecule has 0 bridgehead atoms. The maximum absolute atomic E-state index is 12.8. The van der Waals surface area contributed by atoms with Gasteiger partial charge in [-0.25, -0.2) is 0 Å². The van der Waals surface area contributed by atoms with Crippen molar-refractivity contribution in [3.63, 3.8) is 0 Å². The fourth-order valence-electron chi connectivity index (χ4n) is 3.14. The van der Waals surface area contributed by atoms with E-state index in [4.69, 9.17) is 11.6 Å². The minimum atomic E-state index is -0.525. The van der Waals surface area contributed by atoms with Gasteiger partial charge in [-0.2, -0.15) is 0 Å². The van der Waals surface area contributed by atoms with Gasteiger partial charge in [0.2, 0.25) is 0 Å². The molecule has 6 heteroatoms. The van der Waals surface area contributed by atoms with E-state index in [1.807, 2.05) is 56.3 Å². The molecule has 0 saturated carbocycles. The number of carbonyl (C=O) groups is 1. The van der Waals surface area contributed by atoms with Gasteiger partial charge in [0.25, 0.3) is 5.91 Å². The summed E-state index contributed by atoms with van der Waals surface area (Å²) in [4.78, 5) is 21.0. The molecule has 1 N–H and O–H groups in total. The lowest BCUT2D eigenvalue weighted by molar-refractivity contribution is 0.0764. The highest BCUT2D eigenvalue weighted by molar-refractivity contribution is 6.31. The van der Waals surface area contributed by atoms with Crippen LogP contribution in [-0.2, 0) is 0 Å². The molecule has 1 aliphatic heterocycles. The van der Waals surface area contributed by atoms with Crippen molar-refractivity contribution in [2.24, 2.45) is 0 Å². The van der Waals surface area contributed by atoms with Crippen molar-refractivity contribution in [1.29, 1.82) is 0 Å². The number of hydrogen-bond acceptors (Lipinski definition) is 4. The van der Waals surface area contributed by atoms with Crippen LogP contribution in [0.1, 0.15) is 16.1 Å². The molecule has 0 aliphatic carbocycles. The number of aromatic nitrogens is 1. The van der Waals surface area contributed by atoms with Gasteiger partial charge < -0.3 is 14.9 Å². The molecular weight excluding hydrogens is 338 g/mol. The minimum Gasteiger partial charge on any atom is -0.390 e. The molecule has 3 rings (SSSR count). The van der Waals surface area contributed by atoms with Crippen LogP contribution in [0.4, 0.5) is 0 Å². The van der Waals surface area contributed by atoms with Gasteiger partial charge in [0.05, 0.1) is 28.6 Å². The minimum absolute atomic E-state index is 0.0345. The van der Waals surface area contributed by atoms with Crippen LogP contribution in [0.25, 0.3) is 11.3 Å². The van der Waals surface area contributed by atoms with Gasteiger partial charge in [-0.1, -0.05) is 23.7 Å². The molecule has 1 aromatic carbocycles. The van der Waals surface area contributed by atoms with Crippen molar-refractivity contribution in [3.8, 4) is 11.3 Å². The average Bonchev–Trinajstić information content (AvgIpc) is 2.99. The smallest absolute Gasteiger partial charge is 0.254 e. The standard InChI is InChI=1S/C19H22ClN3O2/c1-12-15(20)7-8-16(21-12)13-5-4-6-14(9-13)19(25)23-10-17(22(2)3)18(24)11-23/h4-9,17-18,24H,10-11H2,1-3H3. The van der Waals surface area contributed by atoms with E-state index < -0.39 is 6.10 Å². The second-order valence-electron chi connectivity index (χ2n) is 6.65. The summed E-state index contributed by atoms with van der Waals surface area (Å²) in [5.74, 6) is -0.0732. The Morgan fingerprint density at radius 2 is 2.04 bits per heavy atom. The van der Waals surface area contributed by atoms with E-state index in [9.17, 15) is 9.90 Å². The van der Waals surface area contributed by atoms with Crippen molar-refractivity contribution >= 4 is 17.5 Å². The van der Waals surface area contributed by atoms with Crippen molar-refractivity contribution in [1.82, 2.24) is 14.8 Å². The summed E-state index contributed by atoms with van der Waals surface area (Å²) < 4.78 is 0. The van der Waals surface area contributed by atoms with E-state index in [-0.39, 0.29) is 11.9 Å². The van der Waals surface area contributed by atoms with E-state index in [0.717, 1.165) is 17.0 Å². The van der Waals surface area contributed by atoms with Gasteiger partial charge in [0.1, 0.15) is 0 Å². The molecule has 1 aliphatic rings. The van der Waals surface area contributed by atoms with Crippen molar-refractivity contribution in [2.75, 3.05) is 27.2 Å². The number of amides is 1. The van der Waals surface area contributed by atoms with E-state index in [0.29, 0.717) is 23.7 Å². The van der Waals surface area contributed by atoms with Crippen molar-refractivity contribution in [3.05, 3.63) is 52.7 Å². The summed E-state index contributed by atoms with van der Waals surface area (Å²) in [5.41, 5.74) is 3.00. The van der Waals surface area contributed by atoms with E-state index in [1.165, 1.54) is 0 Å². The van der Waals surface area contributed by atoms with Crippen molar-refractivity contribution in [2.45, 2.75) is 19.1 Å². The van der Waals surface area contributed by atoms with Gasteiger partial charge in [-0.05, 0) is 45.3 Å². The number of benzene rings is 1. The summed E-state index contributed by atoms with van der Waals surface area (Å²) in [6.07, 6.45) is -0.525. The molecule has 2 atom stereocenters. The molecule has 1 aromatic heterocycles. The van der Waals surface area contributed by atoms with Crippen LogP contribution in [0.2, 0.25) is 5.02 Å². The molecule has 1 amide bonds. The Kier molecular flexibility index (Phi) is 5.08. The summed E-state index contributed by atoms with van der Waals surface area (Å²) in [6.45, 7) is 2.73. The largest absolute Gasteiger partial charge is 0.390 e. The zero-order valence-electron chi connectivity index (χ0n) is 14.6. The van der Waals surface area contributed by atoms with Gasteiger partial charge in [-0.3, -0.25) is 9.78 Å². The van der Waals surface area contributed by atoms with Crippen molar-refractivity contribution < 1.29 is 9.90 Å². The zero-order valence-corrected chi connectivity index (χ0v) is 15.4. The van der Waals surface area contributed by atoms with E-state index in [2.05, 4.69) is 4.98 Å². The lowest BCUT2D eigenvalue weighted by Crippen LogP contribution is -2.38. The first-order valence-electron chi connectivity index (χ1n) is 8.24. The Bertz CT molecular complexity index is 794. The molecule has 25 heavy (non-hydrogen) atoms. The normalized spacial score (nSPS) is 20.3. The van der Waals surface area contributed by atoms with Crippen LogP contribution >= 0.6 is 11.6 Å². The molecule has 1 saturated heterocycles. The summed E-state index contributed by atoms with van der Waals surface area (Å²) >= 11 is 6.04. The first-order valence-corrected chi connectivity index (χ1v) is 8.62. The molecule has 2 aromatic rings. The number of nitrogens with zero attached hydrogens (tertiary/aromatic N) is 3. The molecule has 132 valence electrons. The third kappa shape index (κ3) is 3.68. The Balaban J connectivity index is 1.84. The monoisotopic (exact) mass is 359 g/mol. The van der Waals surface area contributed by atoms with Crippen LogP contribution in [0.15, 0.2) is 36.4 Å². The van der Waals surface area contributed by atoms with Crippen LogP contribution in [0, 0.1) is 6.92 Å². The predicted molar refractivity (Wildman–Crippen MR) is 98.8 cm³/mol. The average molecular weight is 360 g/mol. The highest BCUT2D eigenvalue weighted by Crippen LogP contribution is 2.24. The summed E-state index contributed by atoms with van der Waals surface area (Å²) in [6, 6.07) is 11.0. The number of aryl methyl sites for hydroxylation is 1. The van der Waals surface area contributed by atoms with Gasteiger partial charge in [0, 0.05) is 24.2 Å². The quantitative estimate of drug-likeness (QED) is 0.914. The Morgan fingerprint density at radius 1 is 1.28 bits per heavy atom. The van der Waals surface area contributed by atoms with Crippen LogP contribution in [-0.4, -0.2) is 65.1 Å². The lowest BCUT2D eigenvalue weighted by Gasteiger charge is -2.21. The number of likely N-dealkylation sites (N-methyl/N-ethyl adjacent to an activating group) is 1. The first-order chi connectivity index (χ1) is 11.9.